The first-order valence-corrected chi connectivity index (χ1v) is 7.10. The number of sulfonamides is 1. The van der Waals surface area contributed by atoms with Gasteiger partial charge >= 0.3 is 5.97 Å². The highest BCUT2D eigenvalue weighted by Crippen LogP contribution is 2.14. The number of carboxylic acid groups (broad SMARTS) is 1. The zero-order valence-electron chi connectivity index (χ0n) is 10.4. The van der Waals surface area contributed by atoms with Crippen molar-refractivity contribution >= 4 is 16.0 Å². The van der Waals surface area contributed by atoms with Crippen molar-refractivity contribution in [2.24, 2.45) is 0 Å². The van der Waals surface area contributed by atoms with Crippen LogP contribution in [0.15, 0.2) is 17.3 Å². The van der Waals surface area contributed by atoms with Crippen LogP contribution in [0, 0.1) is 0 Å². The lowest BCUT2D eigenvalue weighted by Crippen LogP contribution is -2.31. The number of aromatic nitrogens is 2. The molecule has 0 saturated heterocycles. The summed E-state index contributed by atoms with van der Waals surface area (Å²) in [7, 11) is -3.57. The molecule has 1 rings (SSSR count). The first-order valence-electron chi connectivity index (χ1n) is 5.66. The predicted molar refractivity (Wildman–Crippen MR) is 64.6 cm³/mol. The highest BCUT2D eigenvalue weighted by atomic mass is 32.2. The molecule has 1 aromatic heterocycles. The van der Waals surface area contributed by atoms with E-state index < -0.39 is 16.0 Å². The zero-order valence-corrected chi connectivity index (χ0v) is 11.2. The minimum Gasteiger partial charge on any atom is -0.480 e. The average molecular weight is 275 g/mol. The second-order valence-electron chi connectivity index (χ2n) is 3.76. The molecule has 0 unspecified atom stereocenters. The molecular formula is C10H17N3O4S. The molecule has 0 amide bonds. The molecule has 0 atom stereocenters. The standard InChI is InChI=1S/C10H17N3O4S/c1-3-5-13(4-2)18(16,17)9-6-11-12(7-9)8-10(14)15/h6-7H,3-5,8H2,1-2H3,(H,14,15). The Morgan fingerprint density at radius 1 is 1.50 bits per heavy atom. The van der Waals surface area contributed by atoms with E-state index in [0.29, 0.717) is 13.1 Å². The third-order valence-electron chi connectivity index (χ3n) is 2.37. The van der Waals surface area contributed by atoms with Gasteiger partial charge in [0, 0.05) is 19.3 Å². The van der Waals surface area contributed by atoms with Crippen molar-refractivity contribution in [2.45, 2.75) is 31.7 Å². The fraction of sp³-hybridized carbons (Fsp3) is 0.600. The van der Waals surface area contributed by atoms with Gasteiger partial charge in [-0.3, -0.25) is 9.48 Å². The summed E-state index contributed by atoms with van der Waals surface area (Å²) >= 11 is 0. The molecule has 7 nitrogen and oxygen atoms in total. The van der Waals surface area contributed by atoms with Gasteiger partial charge in [-0.1, -0.05) is 13.8 Å². The van der Waals surface area contributed by atoms with Crippen molar-refractivity contribution in [2.75, 3.05) is 13.1 Å². The Hall–Kier alpha value is -1.41. The molecule has 0 bridgehead atoms. The molecule has 0 fully saturated rings. The van der Waals surface area contributed by atoms with Crippen LogP contribution in [0.2, 0.25) is 0 Å². The van der Waals surface area contributed by atoms with Crippen LogP contribution in [-0.4, -0.2) is 46.7 Å². The molecular weight excluding hydrogens is 258 g/mol. The normalized spacial score (nSPS) is 11.9. The quantitative estimate of drug-likeness (QED) is 0.777. The fourth-order valence-corrected chi connectivity index (χ4v) is 3.05. The van der Waals surface area contributed by atoms with Crippen molar-refractivity contribution in [1.29, 1.82) is 0 Å². The average Bonchev–Trinajstić information content (AvgIpc) is 2.73. The SMILES string of the molecule is CCCN(CC)S(=O)(=O)c1cnn(CC(=O)O)c1. The van der Waals surface area contributed by atoms with Gasteiger partial charge in [-0.25, -0.2) is 8.42 Å². The molecule has 8 heteroatoms. The Labute approximate surface area is 106 Å². The van der Waals surface area contributed by atoms with E-state index >= 15 is 0 Å². The Bertz CT molecular complexity index is 509. The largest absolute Gasteiger partial charge is 0.480 e. The lowest BCUT2D eigenvalue weighted by atomic mass is 10.5. The molecule has 0 aliphatic heterocycles. The molecule has 0 saturated carbocycles. The number of carbonyl (C=O) groups is 1. The van der Waals surface area contributed by atoms with Gasteiger partial charge in [-0.05, 0) is 6.42 Å². The minimum absolute atomic E-state index is 0.0269. The summed E-state index contributed by atoms with van der Waals surface area (Å²) in [6.45, 7) is 4.11. The molecule has 0 spiro atoms. The Morgan fingerprint density at radius 3 is 2.67 bits per heavy atom. The third-order valence-corrected chi connectivity index (χ3v) is 4.30. The van der Waals surface area contributed by atoms with Crippen molar-refractivity contribution in [3.8, 4) is 0 Å². The molecule has 1 N–H and O–H groups in total. The van der Waals surface area contributed by atoms with Crippen LogP contribution >= 0.6 is 0 Å². The summed E-state index contributed by atoms with van der Waals surface area (Å²) in [5.74, 6) is -1.07. The summed E-state index contributed by atoms with van der Waals surface area (Å²) in [5, 5.41) is 12.3. The van der Waals surface area contributed by atoms with Crippen molar-refractivity contribution in [3.05, 3.63) is 12.4 Å². The van der Waals surface area contributed by atoms with E-state index in [1.807, 2.05) is 6.92 Å². The molecule has 18 heavy (non-hydrogen) atoms. The maximum absolute atomic E-state index is 12.2. The number of carboxylic acids is 1. The van der Waals surface area contributed by atoms with Gasteiger partial charge in [0.1, 0.15) is 11.4 Å². The van der Waals surface area contributed by atoms with Crippen LogP contribution in [0.3, 0.4) is 0 Å². The molecule has 1 heterocycles. The van der Waals surface area contributed by atoms with Gasteiger partial charge in [0.15, 0.2) is 0 Å². The highest BCUT2D eigenvalue weighted by molar-refractivity contribution is 7.89. The van der Waals surface area contributed by atoms with Gasteiger partial charge in [0.25, 0.3) is 0 Å². The van der Waals surface area contributed by atoms with Crippen molar-refractivity contribution < 1.29 is 18.3 Å². The fourth-order valence-electron chi connectivity index (χ4n) is 1.55. The maximum Gasteiger partial charge on any atom is 0.325 e. The summed E-state index contributed by atoms with van der Waals surface area (Å²) in [6.07, 6.45) is 3.13. The van der Waals surface area contributed by atoms with Gasteiger partial charge in [-0.15, -0.1) is 0 Å². The highest BCUT2D eigenvalue weighted by Gasteiger charge is 2.24. The summed E-state index contributed by atoms with van der Waals surface area (Å²) in [4.78, 5) is 10.5. The zero-order chi connectivity index (χ0) is 13.8. The lowest BCUT2D eigenvalue weighted by molar-refractivity contribution is -0.137. The van der Waals surface area contributed by atoms with Gasteiger partial charge in [-0.2, -0.15) is 9.40 Å². The van der Waals surface area contributed by atoms with E-state index in [1.165, 1.54) is 16.7 Å². The van der Waals surface area contributed by atoms with E-state index in [0.717, 1.165) is 11.1 Å². The number of hydrogen-bond acceptors (Lipinski definition) is 4. The van der Waals surface area contributed by atoms with E-state index in [2.05, 4.69) is 5.10 Å². The minimum atomic E-state index is -3.57. The third kappa shape index (κ3) is 3.30. The van der Waals surface area contributed by atoms with E-state index in [-0.39, 0.29) is 11.4 Å². The summed E-state index contributed by atoms with van der Waals surface area (Å²) in [6, 6.07) is 0. The van der Waals surface area contributed by atoms with E-state index in [4.69, 9.17) is 5.11 Å². The Kier molecular flexibility index (Phi) is 4.85. The molecule has 0 radical (unpaired) electrons. The van der Waals surface area contributed by atoms with Gasteiger partial charge in [0.2, 0.25) is 10.0 Å². The first kappa shape index (κ1) is 14.7. The second-order valence-corrected chi connectivity index (χ2v) is 5.70. The summed E-state index contributed by atoms with van der Waals surface area (Å²) < 4.78 is 26.8. The number of nitrogens with zero attached hydrogens (tertiary/aromatic N) is 3. The van der Waals surface area contributed by atoms with Crippen molar-refractivity contribution in [1.82, 2.24) is 14.1 Å². The van der Waals surface area contributed by atoms with E-state index in [1.54, 1.807) is 6.92 Å². The first-order chi connectivity index (χ1) is 8.41. The Balaban J connectivity index is 2.97. The maximum atomic E-state index is 12.2. The van der Waals surface area contributed by atoms with Crippen molar-refractivity contribution in [3.63, 3.8) is 0 Å². The number of hydrogen-bond donors (Lipinski definition) is 1. The van der Waals surface area contributed by atoms with Crippen LogP contribution in [0.4, 0.5) is 0 Å². The van der Waals surface area contributed by atoms with Crippen LogP contribution in [0.5, 0.6) is 0 Å². The smallest absolute Gasteiger partial charge is 0.325 e. The lowest BCUT2D eigenvalue weighted by Gasteiger charge is -2.18. The van der Waals surface area contributed by atoms with Crippen LogP contribution in [0.25, 0.3) is 0 Å². The number of rotatable bonds is 7. The van der Waals surface area contributed by atoms with E-state index in [9.17, 15) is 13.2 Å². The monoisotopic (exact) mass is 275 g/mol. The van der Waals surface area contributed by atoms with Crippen LogP contribution in [-0.2, 0) is 21.4 Å². The van der Waals surface area contributed by atoms with Crippen LogP contribution < -0.4 is 0 Å². The summed E-state index contributed by atoms with van der Waals surface area (Å²) in [5.41, 5.74) is 0. The molecule has 0 aliphatic carbocycles. The van der Waals surface area contributed by atoms with Gasteiger partial charge < -0.3 is 5.11 Å². The second kappa shape index (κ2) is 5.96. The predicted octanol–water partition coefficient (Wildman–Crippen LogP) is 0.388. The molecule has 1 aromatic rings. The van der Waals surface area contributed by atoms with Gasteiger partial charge in [0.05, 0.1) is 6.20 Å². The topological polar surface area (TPSA) is 92.5 Å². The molecule has 0 aliphatic rings. The Morgan fingerprint density at radius 2 is 2.17 bits per heavy atom. The molecule has 102 valence electrons. The number of aliphatic carboxylic acids is 1. The molecule has 0 aromatic carbocycles. The van der Waals surface area contributed by atoms with Crippen LogP contribution in [0.1, 0.15) is 20.3 Å².